The Labute approximate surface area is 131 Å². The molecule has 1 aromatic carbocycles. The summed E-state index contributed by atoms with van der Waals surface area (Å²) in [5.41, 5.74) is 2.44. The van der Waals surface area contributed by atoms with Crippen molar-refractivity contribution in [3.05, 3.63) is 59.4 Å². The van der Waals surface area contributed by atoms with Crippen molar-refractivity contribution >= 4 is 10.1 Å². The number of nitrogens with zero attached hydrogens (tertiary/aromatic N) is 1. The Morgan fingerprint density at radius 1 is 1.09 bits per heavy atom. The highest BCUT2D eigenvalue weighted by atomic mass is 32.2. The Hall–Kier alpha value is -1.92. The van der Waals surface area contributed by atoms with E-state index in [9.17, 15) is 13.0 Å². The van der Waals surface area contributed by atoms with Crippen molar-refractivity contribution in [2.45, 2.75) is 37.5 Å². The molecule has 0 saturated heterocycles. The van der Waals surface area contributed by atoms with Crippen LogP contribution in [0.4, 0.5) is 0 Å². The van der Waals surface area contributed by atoms with Crippen LogP contribution in [-0.4, -0.2) is 13.0 Å². The summed E-state index contributed by atoms with van der Waals surface area (Å²) in [6.45, 7) is 3.22. The van der Waals surface area contributed by atoms with E-state index < -0.39 is 10.1 Å². The molecule has 1 heterocycles. The number of aryl methyl sites for hydroxylation is 2. The van der Waals surface area contributed by atoms with E-state index in [2.05, 4.69) is 12.1 Å². The van der Waals surface area contributed by atoms with Crippen molar-refractivity contribution in [1.82, 2.24) is 0 Å². The summed E-state index contributed by atoms with van der Waals surface area (Å²) in [5, 5.41) is 0. The fourth-order valence-electron chi connectivity index (χ4n) is 2.33. The molecule has 22 heavy (non-hydrogen) atoms. The quantitative estimate of drug-likeness (QED) is 0.519. The first-order valence-electron chi connectivity index (χ1n) is 7.07. The van der Waals surface area contributed by atoms with Gasteiger partial charge in [-0.15, -0.1) is 0 Å². The lowest BCUT2D eigenvalue weighted by molar-refractivity contribution is -0.639. The second-order valence-corrected chi connectivity index (χ2v) is 6.84. The molecule has 1 aliphatic carbocycles. The zero-order chi connectivity index (χ0) is 16.3. The summed E-state index contributed by atoms with van der Waals surface area (Å²) in [4.78, 5) is -0.0926. The number of hydrogen-bond acceptors (Lipinski definition) is 4. The molecule has 1 aliphatic rings. The van der Waals surface area contributed by atoms with E-state index in [4.69, 9.17) is 5.84 Å². The van der Waals surface area contributed by atoms with Crippen molar-refractivity contribution in [2.24, 2.45) is 0 Å². The van der Waals surface area contributed by atoms with E-state index in [1.54, 1.807) is 36.7 Å². The van der Waals surface area contributed by atoms with E-state index in [0.29, 0.717) is 11.1 Å². The Morgan fingerprint density at radius 3 is 1.95 bits per heavy atom. The van der Waals surface area contributed by atoms with Gasteiger partial charge in [0.1, 0.15) is 10.1 Å². The molecule has 118 valence electrons. The number of benzene rings is 1. The maximum atomic E-state index is 10.7. The molecule has 0 spiro atoms. The van der Waals surface area contributed by atoms with Crippen LogP contribution in [0.5, 0.6) is 0 Å². The van der Waals surface area contributed by atoms with Crippen LogP contribution in [0, 0.1) is 13.8 Å². The van der Waals surface area contributed by atoms with Gasteiger partial charge in [-0.05, 0) is 49.3 Å². The summed E-state index contributed by atoms with van der Waals surface area (Å²) < 4.78 is 33.7. The summed E-state index contributed by atoms with van der Waals surface area (Å²) >= 11 is 0. The van der Waals surface area contributed by atoms with Gasteiger partial charge in [-0.1, -0.05) is 22.9 Å². The van der Waals surface area contributed by atoms with Gasteiger partial charge in [0.15, 0.2) is 12.4 Å². The van der Waals surface area contributed by atoms with Gasteiger partial charge in [-0.25, -0.2) is 14.3 Å². The highest BCUT2D eigenvalue weighted by Gasteiger charge is 2.23. The van der Waals surface area contributed by atoms with Gasteiger partial charge in [-0.3, -0.25) is 0 Å². The van der Waals surface area contributed by atoms with Gasteiger partial charge in [0.05, 0.1) is 4.90 Å². The Morgan fingerprint density at radius 2 is 1.59 bits per heavy atom. The lowest BCUT2D eigenvalue weighted by atomic mass is 10.2. The minimum absolute atomic E-state index is 0.0926. The molecule has 5 nitrogen and oxygen atoms in total. The zero-order valence-electron chi connectivity index (χ0n) is 12.7. The molecule has 0 amide bonds. The predicted octanol–water partition coefficient (Wildman–Crippen LogP) is 1.77. The van der Waals surface area contributed by atoms with Crippen molar-refractivity contribution in [3.63, 3.8) is 0 Å². The van der Waals surface area contributed by atoms with Crippen molar-refractivity contribution in [1.29, 1.82) is 0 Å². The first kappa shape index (κ1) is 16.5. The summed E-state index contributed by atoms with van der Waals surface area (Å²) in [6, 6.07) is 9.13. The molecular formula is C16H20N2O3S. The van der Waals surface area contributed by atoms with Gasteiger partial charge >= 0.3 is 0 Å². The number of pyridine rings is 1. The summed E-state index contributed by atoms with van der Waals surface area (Å²) in [6.07, 6.45) is 6.50. The van der Waals surface area contributed by atoms with Crippen molar-refractivity contribution in [2.75, 3.05) is 5.84 Å². The molecule has 0 unspecified atom stereocenters. The highest BCUT2D eigenvalue weighted by molar-refractivity contribution is 7.85. The van der Waals surface area contributed by atoms with Crippen LogP contribution >= 0.6 is 0 Å². The molecular weight excluding hydrogens is 300 g/mol. The molecule has 0 aliphatic heterocycles. The predicted molar refractivity (Wildman–Crippen MR) is 82.6 cm³/mol. The molecule has 6 heteroatoms. The van der Waals surface area contributed by atoms with E-state index in [1.807, 2.05) is 12.4 Å². The standard InChI is InChI=1S/C8H11N2.C8H10O3S/c9-10-5-3-8(4-6-10)7-1-2-7;1-6-4-3-5-7(2)8(6)12(9,10)11/h3-7H,1-2,9H2;3-5H,1-2H3,(H,9,10,11)/q+1;/p-1. The minimum atomic E-state index is -4.31. The second kappa shape index (κ2) is 6.46. The SMILES string of the molecule is Cc1cccc(C)c1S(=O)(=O)[O-].N[n+]1ccc(C2CC2)cc1. The van der Waals surface area contributed by atoms with E-state index >= 15 is 0 Å². The van der Waals surface area contributed by atoms with Gasteiger partial charge < -0.3 is 4.55 Å². The monoisotopic (exact) mass is 320 g/mol. The van der Waals surface area contributed by atoms with E-state index in [0.717, 1.165) is 5.92 Å². The first-order valence-corrected chi connectivity index (χ1v) is 8.48. The molecule has 1 saturated carbocycles. The summed E-state index contributed by atoms with van der Waals surface area (Å²) in [7, 11) is -4.31. The Balaban J connectivity index is 0.000000162. The van der Waals surface area contributed by atoms with Crippen LogP contribution in [0.25, 0.3) is 0 Å². The molecule has 0 bridgehead atoms. The topological polar surface area (TPSA) is 87.1 Å². The maximum Gasteiger partial charge on any atom is 0.199 e. The van der Waals surface area contributed by atoms with Crippen LogP contribution in [0.15, 0.2) is 47.6 Å². The molecule has 1 fully saturated rings. The second-order valence-electron chi connectivity index (χ2n) is 5.53. The number of rotatable bonds is 2. The van der Waals surface area contributed by atoms with Gasteiger partial charge in [0.25, 0.3) is 0 Å². The molecule has 0 atom stereocenters. The smallest absolute Gasteiger partial charge is 0.199 e. The first-order chi connectivity index (χ1) is 10.3. The summed E-state index contributed by atoms with van der Waals surface area (Å²) in [5.74, 6) is 6.30. The third-order valence-corrected chi connectivity index (χ3v) is 4.73. The highest BCUT2D eigenvalue weighted by Crippen LogP contribution is 2.39. The Bertz CT molecular complexity index is 731. The van der Waals surface area contributed by atoms with Gasteiger partial charge in [-0.2, -0.15) is 0 Å². The molecule has 2 aromatic rings. The van der Waals surface area contributed by atoms with Crippen LogP contribution < -0.4 is 10.5 Å². The van der Waals surface area contributed by atoms with Crippen molar-refractivity contribution < 1.29 is 17.6 Å². The number of nitrogen functional groups attached to an aromatic ring is 1. The fourth-order valence-corrected chi connectivity index (χ4v) is 3.26. The maximum absolute atomic E-state index is 10.7. The molecule has 3 rings (SSSR count). The Kier molecular flexibility index (Phi) is 4.83. The lowest BCUT2D eigenvalue weighted by Crippen LogP contribution is -2.43. The lowest BCUT2D eigenvalue weighted by Gasteiger charge is -2.12. The van der Waals surface area contributed by atoms with Gasteiger partial charge in [0, 0.05) is 12.1 Å². The van der Waals surface area contributed by atoms with Crippen LogP contribution in [0.3, 0.4) is 0 Å². The largest absolute Gasteiger partial charge is 0.744 e. The van der Waals surface area contributed by atoms with Crippen molar-refractivity contribution in [3.8, 4) is 0 Å². The normalized spacial score (nSPS) is 14.1. The van der Waals surface area contributed by atoms with Crippen LogP contribution in [-0.2, 0) is 10.1 Å². The average Bonchev–Trinajstić information content (AvgIpc) is 3.23. The van der Waals surface area contributed by atoms with Gasteiger partial charge in [0.2, 0.25) is 0 Å². The zero-order valence-corrected chi connectivity index (χ0v) is 13.5. The number of hydrogen-bond donors (Lipinski definition) is 1. The molecule has 2 N–H and O–H groups in total. The van der Waals surface area contributed by atoms with Crippen LogP contribution in [0.1, 0.15) is 35.4 Å². The number of nitrogens with two attached hydrogens (primary N) is 1. The fraction of sp³-hybridized carbons (Fsp3) is 0.312. The third kappa shape index (κ3) is 4.29. The third-order valence-electron chi connectivity index (χ3n) is 3.59. The van der Waals surface area contributed by atoms with E-state index in [1.165, 1.54) is 18.4 Å². The molecule has 1 aromatic heterocycles. The number of aromatic nitrogens is 1. The molecule has 0 radical (unpaired) electrons. The van der Waals surface area contributed by atoms with Crippen LogP contribution in [0.2, 0.25) is 0 Å². The van der Waals surface area contributed by atoms with E-state index in [-0.39, 0.29) is 4.90 Å². The minimum Gasteiger partial charge on any atom is -0.744 e. The average molecular weight is 320 g/mol.